The molecule has 3 N–H and O–H groups in total. The highest BCUT2D eigenvalue weighted by Gasteiger charge is 2.16. The molecule has 4 heterocycles. The molecule has 8 heteroatoms. The Hall–Kier alpha value is -3.26. The van der Waals surface area contributed by atoms with E-state index in [0.29, 0.717) is 18.1 Å². The summed E-state index contributed by atoms with van der Waals surface area (Å²) >= 11 is 0. The van der Waals surface area contributed by atoms with Crippen molar-refractivity contribution >= 4 is 17.6 Å². The van der Waals surface area contributed by atoms with Crippen LogP contribution in [0.1, 0.15) is 28.4 Å². The highest BCUT2D eigenvalue weighted by Crippen LogP contribution is 2.19. The average molecular weight is 364 g/mol. The molecule has 0 bridgehead atoms. The number of nitrogens with two attached hydrogens (primary N) is 1. The molecule has 0 saturated heterocycles. The second-order valence-corrected chi connectivity index (χ2v) is 6.53. The number of nitrogens with zero attached hydrogens (tertiary/aromatic N) is 4. The molecule has 138 valence electrons. The van der Waals surface area contributed by atoms with E-state index in [1.54, 1.807) is 24.4 Å². The lowest BCUT2D eigenvalue weighted by Crippen LogP contribution is -2.27. The maximum atomic E-state index is 12.4. The molecule has 4 rings (SSSR count). The molecule has 1 aliphatic rings. The Morgan fingerprint density at radius 3 is 3.07 bits per heavy atom. The second-order valence-electron chi connectivity index (χ2n) is 6.53. The van der Waals surface area contributed by atoms with Gasteiger partial charge in [-0.1, -0.05) is 12.1 Å². The third-order valence-electron chi connectivity index (χ3n) is 4.58. The van der Waals surface area contributed by atoms with Crippen LogP contribution in [0.4, 0.5) is 0 Å². The summed E-state index contributed by atoms with van der Waals surface area (Å²) in [6, 6.07) is 6.43. The van der Waals surface area contributed by atoms with Crippen molar-refractivity contribution in [3.05, 3.63) is 70.3 Å². The SMILES string of the molecule is NCCC1C=Cc2nc(CNC(=O)c3cc(=O)n4ccccc4n3)cn2C1. The molecule has 1 atom stereocenters. The summed E-state index contributed by atoms with van der Waals surface area (Å²) in [7, 11) is 0. The molecule has 1 aliphatic heterocycles. The molecule has 0 fully saturated rings. The molecule has 0 aromatic carbocycles. The van der Waals surface area contributed by atoms with E-state index in [0.717, 1.165) is 24.5 Å². The fraction of sp³-hybridized carbons (Fsp3) is 0.263. The van der Waals surface area contributed by atoms with Crippen molar-refractivity contribution in [1.82, 2.24) is 24.3 Å². The number of hydrogen-bond donors (Lipinski definition) is 2. The Bertz CT molecular complexity index is 1080. The smallest absolute Gasteiger partial charge is 0.270 e. The Kier molecular flexibility index (Phi) is 4.55. The molecule has 0 aliphatic carbocycles. The molecule has 0 saturated carbocycles. The van der Waals surface area contributed by atoms with Gasteiger partial charge in [-0.25, -0.2) is 9.97 Å². The summed E-state index contributed by atoms with van der Waals surface area (Å²) in [6.45, 7) is 1.76. The first-order chi connectivity index (χ1) is 13.1. The first-order valence-corrected chi connectivity index (χ1v) is 8.85. The molecule has 3 aromatic heterocycles. The van der Waals surface area contributed by atoms with Crippen LogP contribution in [-0.2, 0) is 13.1 Å². The van der Waals surface area contributed by atoms with Crippen LogP contribution < -0.4 is 16.6 Å². The van der Waals surface area contributed by atoms with Gasteiger partial charge in [0, 0.05) is 25.0 Å². The van der Waals surface area contributed by atoms with Gasteiger partial charge >= 0.3 is 0 Å². The number of fused-ring (bicyclic) bond motifs is 2. The number of hydrogen-bond acceptors (Lipinski definition) is 5. The van der Waals surface area contributed by atoms with Crippen LogP contribution in [0.15, 0.2) is 47.5 Å². The molecular formula is C19H20N6O2. The van der Waals surface area contributed by atoms with E-state index in [-0.39, 0.29) is 17.8 Å². The monoisotopic (exact) mass is 364 g/mol. The fourth-order valence-corrected chi connectivity index (χ4v) is 3.22. The van der Waals surface area contributed by atoms with Crippen LogP contribution in [0.25, 0.3) is 11.7 Å². The lowest BCUT2D eigenvalue weighted by atomic mass is 10.0. The lowest BCUT2D eigenvalue weighted by Gasteiger charge is -2.17. The topological polar surface area (TPSA) is 107 Å². The Labute approximate surface area is 155 Å². The van der Waals surface area contributed by atoms with Crippen molar-refractivity contribution in [3.63, 3.8) is 0 Å². The average Bonchev–Trinajstić information content (AvgIpc) is 3.08. The van der Waals surface area contributed by atoms with Crippen LogP contribution in [0.2, 0.25) is 0 Å². The molecule has 1 unspecified atom stereocenters. The fourth-order valence-electron chi connectivity index (χ4n) is 3.22. The minimum absolute atomic E-state index is 0.0954. The number of aromatic nitrogens is 4. The summed E-state index contributed by atoms with van der Waals surface area (Å²) in [5.41, 5.74) is 6.63. The van der Waals surface area contributed by atoms with Crippen LogP contribution in [-0.4, -0.2) is 31.4 Å². The summed E-state index contributed by atoms with van der Waals surface area (Å²) in [6.07, 6.45) is 8.60. The van der Waals surface area contributed by atoms with Gasteiger partial charge in [-0.05, 0) is 37.1 Å². The van der Waals surface area contributed by atoms with Crippen LogP contribution in [0.3, 0.4) is 0 Å². The molecule has 3 aromatic rings. The Balaban J connectivity index is 1.46. The van der Waals surface area contributed by atoms with Crippen LogP contribution >= 0.6 is 0 Å². The lowest BCUT2D eigenvalue weighted by molar-refractivity contribution is 0.0945. The van der Waals surface area contributed by atoms with Crippen molar-refractivity contribution in [1.29, 1.82) is 0 Å². The number of amides is 1. The number of nitrogens with one attached hydrogen (secondary N) is 1. The maximum Gasteiger partial charge on any atom is 0.270 e. The zero-order chi connectivity index (χ0) is 18.8. The third kappa shape index (κ3) is 3.52. The molecular weight excluding hydrogens is 344 g/mol. The second kappa shape index (κ2) is 7.16. The third-order valence-corrected chi connectivity index (χ3v) is 4.58. The van der Waals surface area contributed by atoms with Gasteiger partial charge in [0.05, 0.1) is 12.2 Å². The highest BCUT2D eigenvalue weighted by molar-refractivity contribution is 5.92. The van der Waals surface area contributed by atoms with E-state index in [4.69, 9.17) is 5.73 Å². The zero-order valence-corrected chi connectivity index (χ0v) is 14.7. The molecule has 0 spiro atoms. The Morgan fingerprint density at radius 1 is 1.33 bits per heavy atom. The zero-order valence-electron chi connectivity index (χ0n) is 14.7. The van der Waals surface area contributed by atoms with Crippen molar-refractivity contribution in [3.8, 4) is 0 Å². The maximum absolute atomic E-state index is 12.4. The first kappa shape index (κ1) is 17.2. The number of imidazole rings is 1. The van der Waals surface area contributed by atoms with E-state index in [2.05, 4.69) is 25.9 Å². The predicted octanol–water partition coefficient (Wildman–Crippen LogP) is 0.813. The predicted molar refractivity (Wildman–Crippen MR) is 101 cm³/mol. The van der Waals surface area contributed by atoms with Gasteiger partial charge in [0.2, 0.25) is 0 Å². The quantitative estimate of drug-likeness (QED) is 0.697. The van der Waals surface area contributed by atoms with E-state index in [9.17, 15) is 9.59 Å². The number of rotatable bonds is 5. The number of pyridine rings is 1. The van der Waals surface area contributed by atoms with Gasteiger partial charge in [0.25, 0.3) is 11.5 Å². The molecule has 1 amide bonds. The molecule has 0 radical (unpaired) electrons. The van der Waals surface area contributed by atoms with E-state index in [1.807, 2.05) is 12.3 Å². The summed E-state index contributed by atoms with van der Waals surface area (Å²) < 4.78 is 3.47. The highest BCUT2D eigenvalue weighted by atomic mass is 16.2. The van der Waals surface area contributed by atoms with Gasteiger partial charge in [0.1, 0.15) is 17.2 Å². The van der Waals surface area contributed by atoms with Crippen LogP contribution in [0, 0.1) is 5.92 Å². The van der Waals surface area contributed by atoms with Gasteiger partial charge in [-0.15, -0.1) is 0 Å². The number of carbonyl (C=O) groups excluding carboxylic acids is 1. The minimum atomic E-state index is -0.402. The standard InChI is InChI=1S/C19H20N6O2/c20-7-6-13-4-5-16-22-14(12-24(16)11-13)10-21-19(27)15-9-18(26)25-8-2-1-3-17(25)23-15/h1-5,8-9,12-13H,6-7,10-11,20H2,(H,21,27). The van der Waals surface area contributed by atoms with Gasteiger partial charge in [-0.3, -0.25) is 14.0 Å². The van der Waals surface area contributed by atoms with E-state index in [1.165, 1.54) is 10.5 Å². The summed E-state index contributed by atoms with van der Waals surface area (Å²) in [5.74, 6) is 0.879. The molecule has 27 heavy (non-hydrogen) atoms. The molecule has 8 nitrogen and oxygen atoms in total. The van der Waals surface area contributed by atoms with Crippen molar-refractivity contribution in [2.24, 2.45) is 11.7 Å². The summed E-state index contributed by atoms with van der Waals surface area (Å²) in [5, 5.41) is 2.78. The minimum Gasteiger partial charge on any atom is -0.345 e. The van der Waals surface area contributed by atoms with Gasteiger partial charge in [-0.2, -0.15) is 0 Å². The van der Waals surface area contributed by atoms with Gasteiger partial charge < -0.3 is 15.6 Å². The largest absolute Gasteiger partial charge is 0.345 e. The van der Waals surface area contributed by atoms with Gasteiger partial charge in [0.15, 0.2) is 0 Å². The van der Waals surface area contributed by atoms with E-state index >= 15 is 0 Å². The number of allylic oxidation sites excluding steroid dienone is 1. The van der Waals surface area contributed by atoms with Crippen LogP contribution in [0.5, 0.6) is 0 Å². The Morgan fingerprint density at radius 2 is 2.22 bits per heavy atom. The number of carbonyl (C=O) groups is 1. The normalized spacial score (nSPS) is 15.7. The van der Waals surface area contributed by atoms with Crippen molar-refractivity contribution in [2.45, 2.75) is 19.5 Å². The van der Waals surface area contributed by atoms with Crippen molar-refractivity contribution in [2.75, 3.05) is 6.54 Å². The van der Waals surface area contributed by atoms with Crippen molar-refractivity contribution < 1.29 is 4.79 Å². The first-order valence-electron chi connectivity index (χ1n) is 8.85. The summed E-state index contributed by atoms with van der Waals surface area (Å²) in [4.78, 5) is 33.3. The van der Waals surface area contributed by atoms with E-state index < -0.39 is 5.91 Å².